The van der Waals surface area contributed by atoms with Gasteiger partial charge in [0.25, 0.3) is 0 Å². The molecule has 1 unspecified atom stereocenters. The van der Waals surface area contributed by atoms with E-state index in [1.54, 1.807) is 0 Å². The molecule has 0 aromatic heterocycles. The number of carboxylic acids is 3. The number of nitrogens with two attached hydrogens (primary N) is 2. The van der Waals surface area contributed by atoms with E-state index in [2.05, 4.69) is 0 Å². The maximum atomic E-state index is 10.2. The lowest BCUT2D eigenvalue weighted by Gasteiger charge is -2.08. The molecule has 0 aliphatic heterocycles. The lowest BCUT2D eigenvalue weighted by molar-refractivity contribution is -0.143. The van der Waals surface area contributed by atoms with Crippen molar-refractivity contribution >= 4 is 17.9 Å². The van der Waals surface area contributed by atoms with Crippen LogP contribution in [0.1, 0.15) is 20.3 Å². The van der Waals surface area contributed by atoms with Gasteiger partial charge in [-0.2, -0.15) is 0 Å². The first-order valence-electron chi connectivity index (χ1n) is 4.79. The molecule has 0 bridgehead atoms. The number of hydrogen-bond acceptors (Lipinski definition) is 5. The smallest absolute Gasteiger partial charge is 0.320 e. The molecular formula is C9H18N2O6. The second-order valence-corrected chi connectivity index (χ2v) is 3.55. The van der Waals surface area contributed by atoms with Crippen molar-refractivity contribution in [3.63, 3.8) is 0 Å². The predicted molar refractivity (Wildman–Crippen MR) is 58.3 cm³/mol. The molecule has 0 fully saturated rings. The largest absolute Gasteiger partial charge is 0.481 e. The van der Waals surface area contributed by atoms with Crippen molar-refractivity contribution in [2.45, 2.75) is 32.4 Å². The fourth-order valence-corrected chi connectivity index (χ4v) is 0.583. The highest BCUT2D eigenvalue weighted by Crippen LogP contribution is 2.04. The van der Waals surface area contributed by atoms with E-state index >= 15 is 0 Å². The lowest BCUT2D eigenvalue weighted by atomic mass is 10.0. The summed E-state index contributed by atoms with van der Waals surface area (Å²) in [6, 6.07) is -1.81. The predicted octanol–water partition coefficient (Wildman–Crippen LogP) is -1.07. The highest BCUT2D eigenvalue weighted by Gasteiger charge is 2.19. The molecule has 0 heterocycles. The Morgan fingerprint density at radius 1 is 0.941 bits per heavy atom. The van der Waals surface area contributed by atoms with Crippen LogP contribution in [0.3, 0.4) is 0 Å². The molecule has 8 heteroatoms. The molecule has 0 aliphatic carbocycles. The molecule has 0 aliphatic rings. The molecule has 0 aromatic rings. The van der Waals surface area contributed by atoms with Crippen molar-refractivity contribution in [1.29, 1.82) is 0 Å². The molecule has 3 atom stereocenters. The van der Waals surface area contributed by atoms with Gasteiger partial charge in [-0.15, -0.1) is 0 Å². The van der Waals surface area contributed by atoms with Gasteiger partial charge in [-0.05, 0) is 13.3 Å². The molecule has 0 aromatic carbocycles. The Bertz CT molecular complexity index is 261. The van der Waals surface area contributed by atoms with E-state index in [1.807, 2.05) is 0 Å². The molecular weight excluding hydrogens is 232 g/mol. The van der Waals surface area contributed by atoms with E-state index in [-0.39, 0.29) is 6.42 Å². The minimum Gasteiger partial charge on any atom is -0.481 e. The first kappa shape index (κ1) is 17.7. The normalized spacial score (nSPS) is 14.8. The summed E-state index contributed by atoms with van der Waals surface area (Å²) >= 11 is 0. The van der Waals surface area contributed by atoms with Gasteiger partial charge in [0.1, 0.15) is 12.1 Å². The fraction of sp³-hybridized carbons (Fsp3) is 0.667. The zero-order chi connectivity index (χ0) is 14.2. The topological polar surface area (TPSA) is 164 Å². The summed E-state index contributed by atoms with van der Waals surface area (Å²) in [6.07, 6.45) is -0.0370. The van der Waals surface area contributed by atoms with Crippen molar-refractivity contribution in [3.05, 3.63) is 0 Å². The van der Waals surface area contributed by atoms with Crippen LogP contribution >= 0.6 is 0 Å². The molecule has 100 valence electrons. The SMILES string of the molecule is CC(C[C@H](N)C(=O)O)C(=O)O.C[C@H](N)C(=O)O. The minimum absolute atomic E-state index is 0.0370. The van der Waals surface area contributed by atoms with Crippen molar-refractivity contribution in [3.8, 4) is 0 Å². The Morgan fingerprint density at radius 2 is 1.29 bits per heavy atom. The molecule has 0 amide bonds. The first-order valence-corrected chi connectivity index (χ1v) is 4.79. The van der Waals surface area contributed by atoms with E-state index in [1.165, 1.54) is 13.8 Å². The molecule has 17 heavy (non-hydrogen) atoms. The van der Waals surface area contributed by atoms with Gasteiger partial charge < -0.3 is 26.8 Å². The van der Waals surface area contributed by atoms with E-state index < -0.39 is 35.9 Å². The first-order chi connectivity index (χ1) is 7.59. The highest BCUT2D eigenvalue weighted by molar-refractivity contribution is 5.75. The zero-order valence-corrected chi connectivity index (χ0v) is 9.66. The summed E-state index contributed by atoms with van der Waals surface area (Å²) in [4.78, 5) is 29.9. The van der Waals surface area contributed by atoms with Gasteiger partial charge in [0.2, 0.25) is 0 Å². The van der Waals surface area contributed by atoms with Gasteiger partial charge >= 0.3 is 17.9 Å². The Labute approximate surface area is 98.2 Å². The van der Waals surface area contributed by atoms with Crippen LogP contribution in [-0.4, -0.2) is 45.3 Å². The van der Waals surface area contributed by atoms with Crippen LogP contribution in [0.15, 0.2) is 0 Å². The van der Waals surface area contributed by atoms with Gasteiger partial charge in [-0.25, -0.2) is 0 Å². The lowest BCUT2D eigenvalue weighted by Crippen LogP contribution is -2.33. The molecule has 0 radical (unpaired) electrons. The Hall–Kier alpha value is -1.67. The summed E-state index contributed by atoms with van der Waals surface area (Å²) in [5.74, 6) is -3.86. The van der Waals surface area contributed by atoms with Crippen LogP contribution < -0.4 is 11.5 Å². The molecule has 0 rings (SSSR count). The average molecular weight is 250 g/mol. The Kier molecular flexibility index (Phi) is 8.84. The van der Waals surface area contributed by atoms with Gasteiger partial charge in [0.15, 0.2) is 0 Å². The highest BCUT2D eigenvalue weighted by atomic mass is 16.4. The van der Waals surface area contributed by atoms with Crippen LogP contribution in [0.25, 0.3) is 0 Å². The van der Waals surface area contributed by atoms with Gasteiger partial charge in [0.05, 0.1) is 5.92 Å². The van der Waals surface area contributed by atoms with E-state index in [0.29, 0.717) is 0 Å². The molecule has 8 nitrogen and oxygen atoms in total. The van der Waals surface area contributed by atoms with E-state index in [0.717, 1.165) is 0 Å². The van der Waals surface area contributed by atoms with E-state index in [4.69, 9.17) is 26.8 Å². The van der Waals surface area contributed by atoms with Crippen molar-refractivity contribution in [2.75, 3.05) is 0 Å². The van der Waals surface area contributed by atoms with Crippen molar-refractivity contribution in [1.82, 2.24) is 0 Å². The number of carboxylic acid groups (broad SMARTS) is 3. The van der Waals surface area contributed by atoms with Crippen molar-refractivity contribution < 1.29 is 29.7 Å². The number of hydrogen-bond donors (Lipinski definition) is 5. The Balaban J connectivity index is 0. The zero-order valence-electron chi connectivity index (χ0n) is 9.66. The maximum Gasteiger partial charge on any atom is 0.320 e. The third-order valence-corrected chi connectivity index (χ3v) is 1.74. The third kappa shape index (κ3) is 10.6. The molecule has 0 saturated heterocycles. The summed E-state index contributed by atoms with van der Waals surface area (Å²) in [5, 5.41) is 24.5. The second-order valence-electron chi connectivity index (χ2n) is 3.55. The summed E-state index contributed by atoms with van der Waals surface area (Å²) < 4.78 is 0. The number of rotatable bonds is 5. The summed E-state index contributed by atoms with van der Waals surface area (Å²) in [6.45, 7) is 2.84. The monoisotopic (exact) mass is 250 g/mol. The summed E-state index contributed by atoms with van der Waals surface area (Å²) in [7, 11) is 0. The molecule has 7 N–H and O–H groups in total. The van der Waals surface area contributed by atoms with Gasteiger partial charge in [0, 0.05) is 0 Å². The third-order valence-electron chi connectivity index (χ3n) is 1.74. The van der Waals surface area contributed by atoms with E-state index in [9.17, 15) is 14.4 Å². The van der Waals surface area contributed by atoms with Gasteiger partial charge in [-0.1, -0.05) is 6.92 Å². The van der Waals surface area contributed by atoms with Crippen molar-refractivity contribution in [2.24, 2.45) is 17.4 Å². The standard InChI is InChI=1S/C6H11NO4.C3H7NO2/c1-3(5(8)9)2-4(7)6(10)11;1-2(4)3(5)6/h3-4H,2,7H2,1H3,(H,8,9)(H,10,11);2H,4H2,1H3,(H,5,6)/t3?,4-;2-/m00/s1. The van der Waals surface area contributed by atoms with Crippen LogP contribution in [-0.2, 0) is 14.4 Å². The molecule has 0 saturated carbocycles. The fourth-order valence-electron chi connectivity index (χ4n) is 0.583. The van der Waals surface area contributed by atoms with Crippen LogP contribution in [0.4, 0.5) is 0 Å². The minimum atomic E-state index is -1.17. The molecule has 0 spiro atoms. The number of carbonyl (C=O) groups is 3. The second kappa shape index (κ2) is 8.48. The van der Waals surface area contributed by atoms with Crippen LogP contribution in [0, 0.1) is 5.92 Å². The summed E-state index contributed by atoms with van der Waals surface area (Å²) in [5.41, 5.74) is 9.93. The van der Waals surface area contributed by atoms with Crippen LogP contribution in [0.5, 0.6) is 0 Å². The van der Waals surface area contributed by atoms with Gasteiger partial charge in [-0.3, -0.25) is 14.4 Å². The van der Waals surface area contributed by atoms with Crippen LogP contribution in [0.2, 0.25) is 0 Å². The quantitative estimate of drug-likeness (QED) is 0.411. The Morgan fingerprint density at radius 3 is 1.47 bits per heavy atom. The maximum absolute atomic E-state index is 10.2. The average Bonchev–Trinajstić information content (AvgIpc) is 2.17. The number of aliphatic carboxylic acids is 3.